The summed E-state index contributed by atoms with van der Waals surface area (Å²) >= 11 is 0. The van der Waals surface area contributed by atoms with Gasteiger partial charge in [-0.15, -0.1) is 0 Å². The molecule has 0 heterocycles. The highest BCUT2D eigenvalue weighted by molar-refractivity contribution is 5.87. The summed E-state index contributed by atoms with van der Waals surface area (Å²) in [5.74, 6) is -15.7. The molecule has 24 heavy (non-hydrogen) atoms. The summed E-state index contributed by atoms with van der Waals surface area (Å²) in [6.45, 7) is 0. The maximum atomic E-state index is 12.9. The molecule has 0 spiro atoms. The van der Waals surface area contributed by atoms with Crippen molar-refractivity contribution >= 4 is 17.8 Å². The van der Waals surface area contributed by atoms with Crippen LogP contribution < -0.4 is 5.43 Å². The third-order valence-electron chi connectivity index (χ3n) is 2.50. The molecule has 0 saturated carbocycles. The Morgan fingerprint density at radius 3 is 2.25 bits per heavy atom. The summed E-state index contributed by atoms with van der Waals surface area (Å²) in [5, 5.41) is 13.2. The maximum Gasteiger partial charge on any atom is 0.460 e. The number of halogens is 7. The second kappa shape index (κ2) is 6.41. The average Bonchev–Trinajstić information content (AvgIpc) is 2.46. The van der Waals surface area contributed by atoms with Crippen molar-refractivity contribution < 1.29 is 40.5 Å². The number of carbonyl (C=O) groups is 1. The second-order valence-electron chi connectivity index (χ2n) is 4.20. The SMILES string of the molecule is O=C(N/N=C\c1cccc([N+](=O)[O-])c1)C(F)(F)C(F)(F)C(F)(F)F. The molecule has 1 rings (SSSR count). The lowest BCUT2D eigenvalue weighted by Gasteiger charge is -2.26. The number of non-ortho nitro benzene ring substituents is 1. The van der Waals surface area contributed by atoms with Crippen molar-refractivity contribution in [1.29, 1.82) is 0 Å². The van der Waals surface area contributed by atoms with E-state index in [0.717, 1.165) is 23.6 Å². The molecule has 0 aliphatic heterocycles. The third kappa shape index (κ3) is 3.78. The molecule has 0 bridgehead atoms. The molecule has 132 valence electrons. The molecule has 0 unspecified atom stereocenters. The number of alkyl halides is 7. The molecule has 1 aromatic carbocycles. The number of hydrogen-bond donors (Lipinski definition) is 1. The summed E-state index contributed by atoms with van der Waals surface area (Å²) in [6.07, 6.45) is -6.11. The number of hydrazone groups is 1. The number of rotatable bonds is 5. The smallest absolute Gasteiger partial charge is 0.266 e. The standard InChI is InChI=1S/C11H6F7N3O3/c12-9(13,10(14,15)11(16,17)18)8(22)20-19-5-6-2-1-3-7(4-6)21(23)24/h1-5H,(H,20,22)/b19-5-. The Bertz CT molecular complexity index is 673. The van der Waals surface area contributed by atoms with Gasteiger partial charge in [-0.25, -0.2) is 5.43 Å². The van der Waals surface area contributed by atoms with Gasteiger partial charge in [0.25, 0.3) is 5.69 Å². The van der Waals surface area contributed by atoms with Crippen molar-refractivity contribution in [2.45, 2.75) is 18.0 Å². The van der Waals surface area contributed by atoms with Gasteiger partial charge in [-0.3, -0.25) is 14.9 Å². The molecule has 0 radical (unpaired) electrons. The van der Waals surface area contributed by atoms with Crippen LogP contribution in [0.1, 0.15) is 5.56 Å². The van der Waals surface area contributed by atoms with E-state index < -0.39 is 34.5 Å². The van der Waals surface area contributed by atoms with Gasteiger partial charge in [-0.2, -0.15) is 35.8 Å². The number of amides is 1. The lowest BCUT2D eigenvalue weighted by molar-refractivity contribution is -0.384. The van der Waals surface area contributed by atoms with Gasteiger partial charge in [0.2, 0.25) is 0 Å². The van der Waals surface area contributed by atoms with E-state index in [-0.39, 0.29) is 5.56 Å². The van der Waals surface area contributed by atoms with Gasteiger partial charge < -0.3 is 0 Å². The van der Waals surface area contributed by atoms with E-state index in [4.69, 9.17) is 0 Å². The van der Waals surface area contributed by atoms with Crippen molar-refractivity contribution in [3.8, 4) is 0 Å². The average molecular weight is 361 g/mol. The number of hydrogen-bond acceptors (Lipinski definition) is 4. The predicted molar refractivity (Wildman–Crippen MR) is 64.8 cm³/mol. The van der Waals surface area contributed by atoms with Gasteiger partial charge in [-0.05, 0) is 0 Å². The summed E-state index contributed by atoms with van der Waals surface area (Å²) < 4.78 is 86.7. The number of nitro groups is 1. The second-order valence-corrected chi connectivity index (χ2v) is 4.20. The van der Waals surface area contributed by atoms with E-state index in [2.05, 4.69) is 5.10 Å². The fourth-order valence-corrected chi connectivity index (χ4v) is 1.27. The first-order valence-corrected chi connectivity index (χ1v) is 5.71. The van der Waals surface area contributed by atoms with Crippen molar-refractivity contribution in [2.75, 3.05) is 0 Å². The Balaban J connectivity index is 2.89. The molecule has 0 aromatic heterocycles. The number of benzene rings is 1. The molecule has 1 N–H and O–H groups in total. The first-order valence-electron chi connectivity index (χ1n) is 5.71. The van der Waals surface area contributed by atoms with Crippen LogP contribution in [0.25, 0.3) is 0 Å². The zero-order chi connectivity index (χ0) is 18.8. The topological polar surface area (TPSA) is 84.6 Å². The lowest BCUT2D eigenvalue weighted by Crippen LogP contribution is -2.58. The molecule has 1 aromatic rings. The van der Waals surface area contributed by atoms with Gasteiger partial charge >= 0.3 is 23.9 Å². The largest absolute Gasteiger partial charge is 0.460 e. The third-order valence-corrected chi connectivity index (χ3v) is 2.50. The van der Waals surface area contributed by atoms with E-state index in [1.54, 1.807) is 0 Å². The van der Waals surface area contributed by atoms with Crippen LogP contribution in [-0.4, -0.2) is 35.1 Å². The fraction of sp³-hybridized carbons (Fsp3) is 0.273. The molecule has 0 fully saturated rings. The van der Waals surface area contributed by atoms with Crippen LogP contribution in [0.4, 0.5) is 36.4 Å². The van der Waals surface area contributed by atoms with Gasteiger partial charge in [0, 0.05) is 17.7 Å². The molecule has 0 aliphatic carbocycles. The van der Waals surface area contributed by atoms with Crippen LogP contribution >= 0.6 is 0 Å². The zero-order valence-corrected chi connectivity index (χ0v) is 11.2. The highest BCUT2D eigenvalue weighted by Gasteiger charge is 2.76. The molecular weight excluding hydrogens is 355 g/mol. The summed E-state index contributed by atoms with van der Waals surface area (Å²) in [6, 6.07) is 4.28. The Labute approximate surface area is 128 Å². The molecule has 0 saturated heterocycles. The van der Waals surface area contributed by atoms with Crippen LogP contribution in [0.3, 0.4) is 0 Å². The van der Waals surface area contributed by atoms with Crippen LogP contribution in [0, 0.1) is 10.1 Å². The van der Waals surface area contributed by atoms with Crippen molar-refractivity contribution in [3.05, 3.63) is 39.9 Å². The Morgan fingerprint density at radius 1 is 1.17 bits per heavy atom. The van der Waals surface area contributed by atoms with E-state index in [9.17, 15) is 45.6 Å². The minimum atomic E-state index is -6.66. The van der Waals surface area contributed by atoms with Gasteiger partial charge in [0.15, 0.2) is 0 Å². The zero-order valence-electron chi connectivity index (χ0n) is 11.2. The quantitative estimate of drug-likeness (QED) is 0.379. The molecule has 1 amide bonds. The molecule has 13 heteroatoms. The maximum absolute atomic E-state index is 12.9. The molecular formula is C11H6F7N3O3. The molecule has 6 nitrogen and oxygen atoms in total. The first kappa shape index (κ1) is 19.3. The van der Waals surface area contributed by atoms with Gasteiger partial charge in [0.05, 0.1) is 11.1 Å². The van der Waals surface area contributed by atoms with Crippen LogP contribution in [0.5, 0.6) is 0 Å². The van der Waals surface area contributed by atoms with E-state index in [1.165, 1.54) is 6.07 Å². The highest BCUT2D eigenvalue weighted by Crippen LogP contribution is 2.46. The van der Waals surface area contributed by atoms with Gasteiger partial charge in [-0.1, -0.05) is 12.1 Å². The Morgan fingerprint density at radius 2 is 1.75 bits per heavy atom. The van der Waals surface area contributed by atoms with Gasteiger partial charge in [0.1, 0.15) is 0 Å². The Hall–Kier alpha value is -2.73. The van der Waals surface area contributed by atoms with E-state index in [1.807, 2.05) is 0 Å². The summed E-state index contributed by atoms with van der Waals surface area (Å²) in [7, 11) is 0. The van der Waals surface area contributed by atoms with Crippen molar-refractivity contribution in [3.63, 3.8) is 0 Å². The molecule has 0 atom stereocenters. The normalized spacial score (nSPS) is 13.1. The summed E-state index contributed by atoms with van der Waals surface area (Å²) in [4.78, 5) is 20.5. The minimum Gasteiger partial charge on any atom is -0.266 e. The first-order chi connectivity index (χ1) is 10.8. The number of carbonyl (C=O) groups excluding carboxylic acids is 1. The predicted octanol–water partition coefficient (Wildman–Crippen LogP) is 2.88. The van der Waals surface area contributed by atoms with Crippen LogP contribution in [0.15, 0.2) is 29.4 Å². The number of nitrogens with one attached hydrogen (secondary N) is 1. The van der Waals surface area contributed by atoms with Crippen molar-refractivity contribution in [1.82, 2.24) is 5.43 Å². The molecule has 0 aliphatic rings. The summed E-state index contributed by atoms with van der Waals surface area (Å²) in [5.41, 5.74) is 0.296. The number of nitrogens with zero attached hydrogens (tertiary/aromatic N) is 2. The van der Waals surface area contributed by atoms with Crippen LogP contribution in [-0.2, 0) is 4.79 Å². The Kier molecular flexibility index (Phi) is 5.16. The van der Waals surface area contributed by atoms with E-state index >= 15 is 0 Å². The fourth-order valence-electron chi connectivity index (χ4n) is 1.27. The van der Waals surface area contributed by atoms with Crippen molar-refractivity contribution in [2.24, 2.45) is 5.10 Å². The number of nitro benzene ring substituents is 1. The monoisotopic (exact) mass is 361 g/mol. The van der Waals surface area contributed by atoms with E-state index in [0.29, 0.717) is 6.21 Å². The highest BCUT2D eigenvalue weighted by atomic mass is 19.4. The minimum absolute atomic E-state index is 0.101. The van der Waals surface area contributed by atoms with Crippen LogP contribution in [0.2, 0.25) is 0 Å². The lowest BCUT2D eigenvalue weighted by atomic mass is 10.1.